The molecule has 4 heteroatoms. The molecule has 0 aromatic heterocycles. The molecule has 1 aliphatic rings. The number of benzene rings is 2. The minimum Gasteiger partial charge on any atom is -0.493 e. The van der Waals surface area contributed by atoms with E-state index in [2.05, 4.69) is 26.1 Å². The molecule has 0 heterocycles. The summed E-state index contributed by atoms with van der Waals surface area (Å²) < 4.78 is 12.0. The van der Waals surface area contributed by atoms with Gasteiger partial charge in [0.15, 0.2) is 0 Å². The average Bonchev–Trinajstić information content (AvgIpc) is 3.16. The van der Waals surface area contributed by atoms with E-state index in [1.165, 1.54) is 0 Å². The number of hydrogen-bond acceptors (Lipinski definition) is 3. The number of hydrogen-bond donors (Lipinski definition) is 1. The molecule has 1 saturated carbocycles. The molecular weight excluding hydrogens is 338 g/mol. The van der Waals surface area contributed by atoms with Crippen LogP contribution in [0.25, 0.3) is 10.8 Å². The third kappa shape index (κ3) is 4.44. The molecule has 2 aromatic carbocycles. The number of fused-ring (bicyclic) bond motifs is 1. The van der Waals surface area contributed by atoms with Crippen LogP contribution in [0.1, 0.15) is 52.9 Å². The Labute approximate surface area is 162 Å². The zero-order chi connectivity index (χ0) is 19.3. The predicted molar refractivity (Wildman–Crippen MR) is 110 cm³/mol. The second-order valence-corrected chi connectivity index (χ2v) is 7.87. The number of amides is 1. The summed E-state index contributed by atoms with van der Waals surface area (Å²) in [5.41, 5.74) is 0.142. The predicted octanol–water partition coefficient (Wildman–Crippen LogP) is 5.55. The molecule has 1 N–H and O–H groups in total. The van der Waals surface area contributed by atoms with Crippen LogP contribution in [0.5, 0.6) is 5.75 Å². The van der Waals surface area contributed by atoms with E-state index in [1.54, 1.807) is 0 Å². The van der Waals surface area contributed by atoms with Crippen LogP contribution < -0.4 is 10.1 Å². The van der Waals surface area contributed by atoms with Gasteiger partial charge in [0.25, 0.3) is 5.91 Å². The minimum absolute atomic E-state index is 0.0190. The standard InChI is InChI=1S/C23H31NO3/c1-4-15-27-23(13-7-8-14-23)22(25)24-20-11-12-21(26-16-17(2)3)19-10-6-5-9-18(19)20/h5-6,9-12,17H,4,7-8,13-16H2,1-3H3,(H,24,25). The Hall–Kier alpha value is -2.07. The number of carbonyl (C=O) groups is 1. The molecule has 1 amide bonds. The Morgan fingerprint density at radius 3 is 2.48 bits per heavy atom. The fourth-order valence-corrected chi connectivity index (χ4v) is 3.68. The molecule has 0 radical (unpaired) electrons. The molecule has 0 bridgehead atoms. The van der Waals surface area contributed by atoms with E-state index in [4.69, 9.17) is 9.47 Å². The highest BCUT2D eigenvalue weighted by molar-refractivity contribution is 6.06. The first-order chi connectivity index (χ1) is 13.1. The van der Waals surface area contributed by atoms with Crippen LogP contribution in [0, 0.1) is 5.92 Å². The van der Waals surface area contributed by atoms with Crippen molar-refractivity contribution >= 4 is 22.4 Å². The van der Waals surface area contributed by atoms with Gasteiger partial charge < -0.3 is 14.8 Å². The summed E-state index contributed by atoms with van der Waals surface area (Å²) in [5, 5.41) is 5.16. The second-order valence-electron chi connectivity index (χ2n) is 7.87. The highest BCUT2D eigenvalue weighted by Gasteiger charge is 2.42. The Morgan fingerprint density at radius 1 is 1.11 bits per heavy atom. The van der Waals surface area contributed by atoms with Gasteiger partial charge in [-0.05, 0) is 50.2 Å². The zero-order valence-electron chi connectivity index (χ0n) is 16.7. The number of nitrogens with one attached hydrogen (secondary N) is 1. The molecule has 0 atom stereocenters. The van der Waals surface area contributed by atoms with Crippen molar-refractivity contribution in [1.29, 1.82) is 0 Å². The number of anilines is 1. The number of rotatable bonds is 8. The summed E-state index contributed by atoms with van der Waals surface area (Å²) in [5.74, 6) is 1.30. The SMILES string of the molecule is CCCOC1(C(=O)Nc2ccc(OCC(C)C)c3ccccc23)CCCC1. The molecule has 3 rings (SSSR count). The van der Waals surface area contributed by atoms with Crippen molar-refractivity contribution in [3.63, 3.8) is 0 Å². The summed E-state index contributed by atoms with van der Waals surface area (Å²) in [6.45, 7) is 7.63. The Balaban J connectivity index is 1.86. The normalized spacial score (nSPS) is 16.0. The molecule has 27 heavy (non-hydrogen) atoms. The zero-order valence-corrected chi connectivity index (χ0v) is 16.7. The highest BCUT2D eigenvalue weighted by Crippen LogP contribution is 2.37. The largest absolute Gasteiger partial charge is 0.493 e. The van der Waals surface area contributed by atoms with Gasteiger partial charge in [-0.3, -0.25) is 4.79 Å². The lowest BCUT2D eigenvalue weighted by Gasteiger charge is -2.28. The van der Waals surface area contributed by atoms with Crippen molar-refractivity contribution in [3.8, 4) is 5.75 Å². The average molecular weight is 370 g/mol. The van der Waals surface area contributed by atoms with Gasteiger partial charge >= 0.3 is 0 Å². The first-order valence-electron chi connectivity index (χ1n) is 10.2. The summed E-state index contributed by atoms with van der Waals surface area (Å²) in [4.78, 5) is 13.1. The molecule has 0 aliphatic heterocycles. The highest BCUT2D eigenvalue weighted by atomic mass is 16.5. The molecule has 1 aliphatic carbocycles. The topological polar surface area (TPSA) is 47.6 Å². The van der Waals surface area contributed by atoms with Crippen molar-refractivity contribution < 1.29 is 14.3 Å². The van der Waals surface area contributed by atoms with E-state index in [-0.39, 0.29) is 5.91 Å². The fourth-order valence-electron chi connectivity index (χ4n) is 3.68. The van der Waals surface area contributed by atoms with E-state index >= 15 is 0 Å². The van der Waals surface area contributed by atoms with Crippen molar-refractivity contribution in [2.75, 3.05) is 18.5 Å². The van der Waals surface area contributed by atoms with E-state index < -0.39 is 5.60 Å². The Morgan fingerprint density at radius 2 is 1.81 bits per heavy atom. The second kappa shape index (κ2) is 8.75. The first kappa shape index (κ1) is 19.7. The minimum atomic E-state index is -0.677. The van der Waals surface area contributed by atoms with Gasteiger partial charge in [-0.2, -0.15) is 0 Å². The van der Waals surface area contributed by atoms with Crippen LogP contribution in [-0.2, 0) is 9.53 Å². The van der Waals surface area contributed by atoms with Crippen LogP contribution in [0.3, 0.4) is 0 Å². The van der Waals surface area contributed by atoms with Gasteiger partial charge in [0.05, 0.1) is 6.61 Å². The van der Waals surface area contributed by atoms with Gasteiger partial charge in [0.1, 0.15) is 11.4 Å². The van der Waals surface area contributed by atoms with Gasteiger partial charge in [-0.1, -0.05) is 45.0 Å². The van der Waals surface area contributed by atoms with Gasteiger partial charge in [0, 0.05) is 23.1 Å². The summed E-state index contributed by atoms with van der Waals surface area (Å²) in [6.07, 6.45) is 4.60. The molecule has 0 unspecified atom stereocenters. The van der Waals surface area contributed by atoms with Crippen LogP contribution in [0.15, 0.2) is 36.4 Å². The third-order valence-corrected chi connectivity index (χ3v) is 5.11. The quantitative estimate of drug-likeness (QED) is 0.663. The van der Waals surface area contributed by atoms with Gasteiger partial charge in [-0.25, -0.2) is 0 Å². The Kier molecular flexibility index (Phi) is 6.38. The van der Waals surface area contributed by atoms with Gasteiger partial charge in [0.2, 0.25) is 0 Å². The molecule has 146 valence electrons. The fraction of sp³-hybridized carbons (Fsp3) is 0.522. The van der Waals surface area contributed by atoms with Gasteiger partial charge in [-0.15, -0.1) is 0 Å². The maximum atomic E-state index is 13.1. The number of ether oxygens (including phenoxy) is 2. The van der Waals surface area contributed by atoms with Crippen molar-refractivity contribution in [2.45, 2.75) is 58.5 Å². The summed E-state index contributed by atoms with van der Waals surface area (Å²) in [6, 6.07) is 12.0. The van der Waals surface area contributed by atoms with Crippen LogP contribution in [-0.4, -0.2) is 24.7 Å². The van der Waals surface area contributed by atoms with Crippen LogP contribution >= 0.6 is 0 Å². The third-order valence-electron chi connectivity index (χ3n) is 5.11. The maximum Gasteiger partial charge on any atom is 0.256 e. The molecular formula is C23H31NO3. The van der Waals surface area contributed by atoms with E-state index in [1.807, 2.05) is 36.4 Å². The molecule has 4 nitrogen and oxygen atoms in total. The smallest absolute Gasteiger partial charge is 0.256 e. The summed E-state index contributed by atoms with van der Waals surface area (Å²) >= 11 is 0. The Bertz CT molecular complexity index is 778. The van der Waals surface area contributed by atoms with Crippen molar-refractivity contribution in [1.82, 2.24) is 0 Å². The lowest BCUT2D eigenvalue weighted by Crippen LogP contribution is -2.43. The molecule has 0 spiro atoms. The first-order valence-corrected chi connectivity index (χ1v) is 10.2. The maximum absolute atomic E-state index is 13.1. The molecule has 2 aromatic rings. The van der Waals surface area contributed by atoms with E-state index in [9.17, 15) is 4.79 Å². The monoisotopic (exact) mass is 369 g/mol. The van der Waals surface area contributed by atoms with Crippen LogP contribution in [0.2, 0.25) is 0 Å². The van der Waals surface area contributed by atoms with Crippen molar-refractivity contribution in [3.05, 3.63) is 36.4 Å². The summed E-state index contributed by atoms with van der Waals surface area (Å²) in [7, 11) is 0. The molecule has 0 saturated heterocycles. The van der Waals surface area contributed by atoms with Crippen LogP contribution in [0.4, 0.5) is 5.69 Å². The molecule has 1 fully saturated rings. The van der Waals surface area contributed by atoms with E-state index in [0.29, 0.717) is 19.1 Å². The number of carbonyl (C=O) groups excluding carboxylic acids is 1. The van der Waals surface area contributed by atoms with E-state index in [0.717, 1.165) is 54.3 Å². The lowest BCUT2D eigenvalue weighted by atomic mass is 10.00. The van der Waals surface area contributed by atoms with Crippen molar-refractivity contribution in [2.24, 2.45) is 5.92 Å². The lowest BCUT2D eigenvalue weighted by molar-refractivity contribution is -0.140.